The van der Waals surface area contributed by atoms with Crippen LogP contribution in [-0.4, -0.2) is 9.97 Å². The van der Waals surface area contributed by atoms with Crippen LogP contribution in [0.15, 0.2) is 67.0 Å². The Morgan fingerprint density at radius 2 is 1.58 bits per heavy atom. The molecule has 0 saturated carbocycles. The summed E-state index contributed by atoms with van der Waals surface area (Å²) in [5.74, 6) is 0.530. The third-order valence-electron chi connectivity index (χ3n) is 4.99. The molecule has 26 heavy (non-hydrogen) atoms. The van der Waals surface area contributed by atoms with Gasteiger partial charge in [-0.3, -0.25) is 0 Å². The first-order chi connectivity index (χ1) is 12.7. The largest absolute Gasteiger partial charge is 0.236 e. The van der Waals surface area contributed by atoms with Crippen molar-refractivity contribution in [3.8, 4) is 11.3 Å². The highest BCUT2D eigenvalue weighted by Crippen LogP contribution is 2.39. The van der Waals surface area contributed by atoms with Crippen molar-refractivity contribution in [3.63, 3.8) is 0 Å². The lowest BCUT2D eigenvalue weighted by atomic mass is 9.99. The summed E-state index contributed by atoms with van der Waals surface area (Å²) in [5, 5.41) is 4.93. The van der Waals surface area contributed by atoms with E-state index in [1.165, 1.54) is 26.4 Å². The topological polar surface area (TPSA) is 25.8 Å². The predicted octanol–water partition coefficient (Wildman–Crippen LogP) is 6.79. The zero-order chi connectivity index (χ0) is 17.7. The fourth-order valence-corrected chi connectivity index (χ4v) is 4.61. The van der Waals surface area contributed by atoms with Gasteiger partial charge in [0.2, 0.25) is 0 Å². The number of fused-ring (bicyclic) bond motifs is 4. The summed E-state index contributed by atoms with van der Waals surface area (Å²) in [4.78, 5) is 10.2. The van der Waals surface area contributed by atoms with Gasteiger partial charge in [-0.2, -0.15) is 0 Å². The van der Waals surface area contributed by atoms with Crippen LogP contribution in [0.3, 0.4) is 0 Å². The lowest BCUT2D eigenvalue weighted by Crippen LogP contribution is -1.89. The zero-order valence-electron chi connectivity index (χ0n) is 14.7. The van der Waals surface area contributed by atoms with E-state index in [-0.39, 0.29) is 0 Å². The molecule has 2 aromatic heterocycles. The minimum Gasteiger partial charge on any atom is -0.236 e. The highest BCUT2D eigenvalue weighted by molar-refractivity contribution is 7.25. The van der Waals surface area contributed by atoms with Gasteiger partial charge in [0.05, 0.1) is 5.69 Å². The van der Waals surface area contributed by atoms with Crippen molar-refractivity contribution in [1.82, 2.24) is 9.97 Å². The SMILES string of the molecule is CC(C)c1ccc(-c2ncnc3sc4cc5ccccc5cc4c23)cc1. The van der Waals surface area contributed by atoms with Crippen LogP contribution in [0, 0.1) is 0 Å². The first-order valence-corrected chi connectivity index (χ1v) is 9.69. The molecule has 3 heteroatoms. The maximum Gasteiger partial charge on any atom is 0.128 e. The van der Waals surface area contributed by atoms with E-state index in [0.717, 1.165) is 21.5 Å². The third kappa shape index (κ3) is 2.39. The molecule has 3 aromatic carbocycles. The standard InChI is InChI=1S/C23H18N2S/c1-14(2)15-7-9-16(10-8-15)22-21-19-11-17-5-3-4-6-18(17)12-20(19)26-23(21)25-13-24-22/h3-14H,1-2H3. The predicted molar refractivity (Wildman–Crippen MR) is 112 cm³/mol. The summed E-state index contributed by atoms with van der Waals surface area (Å²) >= 11 is 1.74. The van der Waals surface area contributed by atoms with Gasteiger partial charge < -0.3 is 0 Å². The van der Waals surface area contributed by atoms with Crippen LogP contribution in [0.25, 0.3) is 42.3 Å². The van der Waals surface area contributed by atoms with Crippen molar-refractivity contribution < 1.29 is 0 Å². The first kappa shape index (κ1) is 15.5. The molecule has 0 aliphatic carbocycles. The third-order valence-corrected chi connectivity index (χ3v) is 6.05. The van der Waals surface area contributed by atoms with Gasteiger partial charge >= 0.3 is 0 Å². The Hall–Kier alpha value is -2.78. The molecule has 0 amide bonds. The minimum absolute atomic E-state index is 0.530. The second kappa shape index (κ2) is 5.89. The Morgan fingerprint density at radius 3 is 2.31 bits per heavy atom. The van der Waals surface area contributed by atoms with E-state index < -0.39 is 0 Å². The van der Waals surface area contributed by atoms with Crippen LogP contribution < -0.4 is 0 Å². The molecule has 0 bridgehead atoms. The highest BCUT2D eigenvalue weighted by Gasteiger charge is 2.14. The molecule has 0 N–H and O–H groups in total. The normalized spacial score (nSPS) is 11.8. The molecular formula is C23H18N2S. The lowest BCUT2D eigenvalue weighted by Gasteiger charge is -2.07. The molecule has 2 heterocycles. The quantitative estimate of drug-likeness (QED) is 0.349. The van der Waals surface area contributed by atoms with Gasteiger partial charge in [-0.1, -0.05) is 62.4 Å². The summed E-state index contributed by atoms with van der Waals surface area (Å²) in [6.07, 6.45) is 1.68. The van der Waals surface area contributed by atoms with Gasteiger partial charge in [-0.05, 0) is 34.4 Å². The van der Waals surface area contributed by atoms with Crippen LogP contribution >= 0.6 is 11.3 Å². The lowest BCUT2D eigenvalue weighted by molar-refractivity contribution is 0.867. The number of thiophene rings is 1. The van der Waals surface area contributed by atoms with Crippen molar-refractivity contribution in [2.45, 2.75) is 19.8 Å². The molecule has 0 spiro atoms. The van der Waals surface area contributed by atoms with Crippen LogP contribution in [0.4, 0.5) is 0 Å². The Labute approximate surface area is 156 Å². The highest BCUT2D eigenvalue weighted by atomic mass is 32.1. The summed E-state index contributed by atoms with van der Waals surface area (Å²) < 4.78 is 1.26. The molecule has 0 atom stereocenters. The Morgan fingerprint density at radius 1 is 0.846 bits per heavy atom. The molecule has 0 aliphatic heterocycles. The second-order valence-corrected chi connectivity index (χ2v) is 8.01. The smallest absolute Gasteiger partial charge is 0.128 e. The van der Waals surface area contributed by atoms with Gasteiger partial charge in [-0.25, -0.2) is 9.97 Å². The van der Waals surface area contributed by atoms with E-state index in [4.69, 9.17) is 0 Å². The van der Waals surface area contributed by atoms with E-state index in [9.17, 15) is 0 Å². The van der Waals surface area contributed by atoms with E-state index in [1.54, 1.807) is 17.7 Å². The van der Waals surface area contributed by atoms with Gasteiger partial charge in [-0.15, -0.1) is 11.3 Å². The molecule has 5 aromatic rings. The van der Waals surface area contributed by atoms with E-state index >= 15 is 0 Å². The second-order valence-electron chi connectivity index (χ2n) is 6.98. The maximum absolute atomic E-state index is 4.65. The summed E-state index contributed by atoms with van der Waals surface area (Å²) in [6, 6.07) is 21.8. The Kier molecular flexibility index (Phi) is 3.50. The molecule has 0 fully saturated rings. The Bertz CT molecular complexity index is 1250. The monoisotopic (exact) mass is 354 g/mol. The number of nitrogens with zero attached hydrogens (tertiary/aromatic N) is 2. The summed E-state index contributed by atoms with van der Waals surface area (Å²) in [7, 11) is 0. The molecule has 2 nitrogen and oxygen atoms in total. The maximum atomic E-state index is 4.65. The molecule has 126 valence electrons. The van der Waals surface area contributed by atoms with Crippen molar-refractivity contribution >= 4 is 42.4 Å². The van der Waals surface area contributed by atoms with Gasteiger partial charge in [0.15, 0.2) is 0 Å². The van der Waals surface area contributed by atoms with Crippen molar-refractivity contribution in [1.29, 1.82) is 0 Å². The van der Waals surface area contributed by atoms with E-state index in [2.05, 4.69) is 84.5 Å². The van der Waals surface area contributed by atoms with Gasteiger partial charge in [0.1, 0.15) is 11.2 Å². The minimum atomic E-state index is 0.530. The number of benzene rings is 3. The fraction of sp³-hybridized carbons (Fsp3) is 0.130. The average Bonchev–Trinajstić information content (AvgIpc) is 3.03. The average molecular weight is 354 g/mol. The Balaban J connectivity index is 1.81. The van der Waals surface area contributed by atoms with E-state index in [1.807, 2.05) is 0 Å². The van der Waals surface area contributed by atoms with Gasteiger partial charge in [0, 0.05) is 21.0 Å². The van der Waals surface area contributed by atoms with Crippen molar-refractivity contribution in [3.05, 3.63) is 72.6 Å². The van der Waals surface area contributed by atoms with Gasteiger partial charge in [0.25, 0.3) is 0 Å². The zero-order valence-corrected chi connectivity index (χ0v) is 15.5. The van der Waals surface area contributed by atoms with Crippen LogP contribution in [0.1, 0.15) is 25.3 Å². The van der Waals surface area contributed by atoms with Crippen LogP contribution in [-0.2, 0) is 0 Å². The first-order valence-electron chi connectivity index (χ1n) is 8.87. The number of hydrogen-bond donors (Lipinski definition) is 0. The van der Waals surface area contributed by atoms with E-state index in [0.29, 0.717) is 5.92 Å². The molecule has 5 rings (SSSR count). The summed E-state index contributed by atoms with van der Waals surface area (Å²) in [5.41, 5.74) is 3.52. The molecule has 0 unspecified atom stereocenters. The van der Waals surface area contributed by atoms with Crippen LogP contribution in [0.2, 0.25) is 0 Å². The molecule has 0 saturated heterocycles. The van der Waals surface area contributed by atoms with Crippen molar-refractivity contribution in [2.24, 2.45) is 0 Å². The summed E-state index contributed by atoms with van der Waals surface area (Å²) in [6.45, 7) is 4.44. The fourth-order valence-electron chi connectivity index (χ4n) is 3.54. The molecule has 0 aliphatic rings. The molecule has 0 radical (unpaired) electrons. The number of rotatable bonds is 2. The van der Waals surface area contributed by atoms with Crippen LogP contribution in [0.5, 0.6) is 0 Å². The number of hydrogen-bond acceptors (Lipinski definition) is 3. The van der Waals surface area contributed by atoms with Crippen molar-refractivity contribution in [2.75, 3.05) is 0 Å². The molecular weight excluding hydrogens is 336 g/mol. The number of aromatic nitrogens is 2.